The van der Waals surface area contributed by atoms with Crippen molar-refractivity contribution in [2.75, 3.05) is 13.1 Å². The normalized spacial score (nSPS) is 19.0. The molecule has 110 valence electrons. The summed E-state index contributed by atoms with van der Waals surface area (Å²) in [6.07, 6.45) is 4.43. The number of hydrogen-bond donors (Lipinski definition) is 0. The van der Waals surface area contributed by atoms with Crippen molar-refractivity contribution in [3.8, 4) is 0 Å². The fourth-order valence-electron chi connectivity index (χ4n) is 3.03. The van der Waals surface area contributed by atoms with E-state index in [0.29, 0.717) is 0 Å². The number of likely N-dealkylation sites (tertiary alicyclic amines) is 1. The van der Waals surface area contributed by atoms with Gasteiger partial charge in [-0.3, -0.25) is 9.88 Å². The van der Waals surface area contributed by atoms with Crippen LogP contribution in [0.25, 0.3) is 0 Å². The van der Waals surface area contributed by atoms with Gasteiger partial charge in [0.25, 0.3) is 0 Å². The van der Waals surface area contributed by atoms with Gasteiger partial charge in [0.2, 0.25) is 0 Å². The Bertz CT molecular complexity index is 524. The van der Waals surface area contributed by atoms with E-state index in [9.17, 15) is 0 Å². The molecule has 0 radical (unpaired) electrons. The van der Waals surface area contributed by atoms with Gasteiger partial charge in [-0.1, -0.05) is 29.8 Å². The topological polar surface area (TPSA) is 16.1 Å². The fraction of sp³-hybridized carbons (Fsp3) is 0.389. The molecule has 0 aliphatic carbocycles. The zero-order chi connectivity index (χ0) is 14.7. The minimum Gasteiger partial charge on any atom is -0.299 e. The number of nitrogens with zero attached hydrogens (tertiary/aromatic N) is 2. The summed E-state index contributed by atoms with van der Waals surface area (Å²) in [6.45, 7) is 5.41. The second-order valence-electron chi connectivity index (χ2n) is 6.03. The number of halogens is 1. The predicted molar refractivity (Wildman–Crippen MR) is 87.5 cm³/mol. The van der Waals surface area contributed by atoms with E-state index in [0.717, 1.165) is 29.6 Å². The van der Waals surface area contributed by atoms with Crippen LogP contribution in [0.3, 0.4) is 0 Å². The zero-order valence-electron chi connectivity index (χ0n) is 12.4. The largest absolute Gasteiger partial charge is 0.299 e. The molecule has 2 nitrogen and oxygen atoms in total. The molecular formula is C18H21ClN2. The van der Waals surface area contributed by atoms with Crippen LogP contribution in [0.2, 0.25) is 5.02 Å². The minimum absolute atomic E-state index is 0.754. The van der Waals surface area contributed by atoms with Crippen LogP contribution in [-0.2, 0) is 13.0 Å². The lowest BCUT2D eigenvalue weighted by molar-refractivity contribution is 0.316. The predicted octanol–water partition coefficient (Wildman–Crippen LogP) is 4.11. The van der Waals surface area contributed by atoms with Crippen LogP contribution in [0.5, 0.6) is 0 Å². The molecule has 2 aromatic rings. The molecule has 1 aliphatic rings. The summed E-state index contributed by atoms with van der Waals surface area (Å²) in [6, 6.07) is 12.6. The Labute approximate surface area is 131 Å². The number of aromatic nitrogens is 1. The van der Waals surface area contributed by atoms with Gasteiger partial charge in [-0.05, 0) is 61.6 Å². The lowest BCUT2D eigenvalue weighted by Gasteiger charge is -2.16. The summed E-state index contributed by atoms with van der Waals surface area (Å²) in [7, 11) is 0. The molecule has 1 aromatic heterocycles. The first-order valence-electron chi connectivity index (χ1n) is 7.57. The first-order valence-corrected chi connectivity index (χ1v) is 7.95. The third kappa shape index (κ3) is 4.05. The van der Waals surface area contributed by atoms with E-state index in [2.05, 4.69) is 34.1 Å². The highest BCUT2D eigenvalue weighted by molar-refractivity contribution is 6.30. The van der Waals surface area contributed by atoms with Crippen molar-refractivity contribution in [3.63, 3.8) is 0 Å². The van der Waals surface area contributed by atoms with Crippen molar-refractivity contribution >= 4 is 11.6 Å². The molecule has 3 rings (SSSR count). The Balaban J connectivity index is 1.53. The summed E-state index contributed by atoms with van der Waals surface area (Å²) in [5.74, 6) is 0.754. The lowest BCUT2D eigenvalue weighted by atomic mass is 9.99. The molecule has 1 aromatic carbocycles. The van der Waals surface area contributed by atoms with Gasteiger partial charge in [-0.25, -0.2) is 0 Å². The highest BCUT2D eigenvalue weighted by Gasteiger charge is 2.22. The zero-order valence-corrected chi connectivity index (χ0v) is 13.2. The number of hydrogen-bond acceptors (Lipinski definition) is 2. The summed E-state index contributed by atoms with van der Waals surface area (Å²) >= 11 is 5.94. The maximum Gasteiger partial charge on any atom is 0.0406 e. The average Bonchev–Trinajstić information content (AvgIpc) is 2.91. The van der Waals surface area contributed by atoms with Crippen LogP contribution in [0.4, 0.5) is 0 Å². The highest BCUT2D eigenvalue weighted by Crippen LogP contribution is 2.23. The van der Waals surface area contributed by atoms with Crippen molar-refractivity contribution in [1.82, 2.24) is 9.88 Å². The van der Waals surface area contributed by atoms with Gasteiger partial charge >= 0.3 is 0 Å². The van der Waals surface area contributed by atoms with Gasteiger partial charge in [-0.2, -0.15) is 0 Å². The second kappa shape index (κ2) is 6.59. The van der Waals surface area contributed by atoms with Crippen molar-refractivity contribution in [1.29, 1.82) is 0 Å². The van der Waals surface area contributed by atoms with E-state index in [-0.39, 0.29) is 0 Å². The Hall–Kier alpha value is -1.38. The van der Waals surface area contributed by atoms with Crippen LogP contribution in [0, 0.1) is 12.8 Å². The molecule has 1 fully saturated rings. The molecule has 0 N–H and O–H groups in total. The van der Waals surface area contributed by atoms with Crippen LogP contribution in [0.15, 0.2) is 42.6 Å². The van der Waals surface area contributed by atoms with Crippen LogP contribution in [-0.4, -0.2) is 23.0 Å². The molecule has 0 spiro atoms. The molecule has 0 saturated carbocycles. The fourth-order valence-corrected chi connectivity index (χ4v) is 3.15. The summed E-state index contributed by atoms with van der Waals surface area (Å²) in [4.78, 5) is 6.91. The third-order valence-corrected chi connectivity index (χ3v) is 4.44. The van der Waals surface area contributed by atoms with E-state index >= 15 is 0 Å². The number of aryl methyl sites for hydroxylation is 1. The highest BCUT2D eigenvalue weighted by atomic mass is 35.5. The Kier molecular flexibility index (Phi) is 4.57. The molecule has 21 heavy (non-hydrogen) atoms. The SMILES string of the molecule is Cc1ccc(CN2CCC(Cc3ccc(Cl)cc3)C2)cn1. The monoisotopic (exact) mass is 300 g/mol. The van der Waals surface area contributed by atoms with Gasteiger partial charge in [0.15, 0.2) is 0 Å². The van der Waals surface area contributed by atoms with Crippen molar-refractivity contribution in [2.45, 2.75) is 26.3 Å². The first kappa shape index (κ1) is 14.6. The summed E-state index contributed by atoms with van der Waals surface area (Å²) < 4.78 is 0. The molecule has 1 unspecified atom stereocenters. The number of rotatable bonds is 4. The second-order valence-corrected chi connectivity index (χ2v) is 6.46. The molecule has 1 atom stereocenters. The van der Waals surface area contributed by atoms with Crippen LogP contribution < -0.4 is 0 Å². The van der Waals surface area contributed by atoms with Crippen molar-refractivity contribution < 1.29 is 0 Å². The molecule has 1 saturated heterocycles. The summed E-state index contributed by atoms with van der Waals surface area (Å²) in [5.41, 5.74) is 3.79. The minimum atomic E-state index is 0.754. The third-order valence-electron chi connectivity index (χ3n) is 4.19. The Morgan fingerprint density at radius 3 is 2.62 bits per heavy atom. The summed E-state index contributed by atoms with van der Waals surface area (Å²) in [5, 5.41) is 0.818. The van der Waals surface area contributed by atoms with Gasteiger partial charge in [-0.15, -0.1) is 0 Å². The molecule has 0 bridgehead atoms. The molecule has 1 aliphatic heterocycles. The van der Waals surface area contributed by atoms with Crippen molar-refractivity contribution in [2.24, 2.45) is 5.92 Å². The standard InChI is InChI=1S/C18H21ClN2/c1-14-2-3-17(11-20-14)13-21-9-8-16(12-21)10-15-4-6-18(19)7-5-15/h2-7,11,16H,8-10,12-13H2,1H3. The van der Waals surface area contributed by atoms with Gasteiger partial charge in [0, 0.05) is 30.0 Å². The maximum absolute atomic E-state index is 5.94. The quantitative estimate of drug-likeness (QED) is 0.845. The van der Waals surface area contributed by atoms with E-state index in [4.69, 9.17) is 11.6 Å². The number of pyridine rings is 1. The average molecular weight is 301 g/mol. The van der Waals surface area contributed by atoms with Crippen LogP contribution in [0.1, 0.15) is 23.2 Å². The van der Waals surface area contributed by atoms with Crippen LogP contribution >= 0.6 is 11.6 Å². The molecular weight excluding hydrogens is 280 g/mol. The van der Waals surface area contributed by atoms with Crippen molar-refractivity contribution in [3.05, 3.63) is 64.4 Å². The molecule has 3 heteroatoms. The van der Waals surface area contributed by atoms with E-state index in [1.807, 2.05) is 25.3 Å². The van der Waals surface area contributed by atoms with Gasteiger partial charge < -0.3 is 0 Å². The molecule has 2 heterocycles. The van der Waals surface area contributed by atoms with E-state index < -0.39 is 0 Å². The first-order chi connectivity index (χ1) is 10.2. The van der Waals surface area contributed by atoms with E-state index in [1.165, 1.54) is 30.6 Å². The number of benzene rings is 1. The lowest BCUT2D eigenvalue weighted by Crippen LogP contribution is -2.20. The van der Waals surface area contributed by atoms with E-state index in [1.54, 1.807) is 0 Å². The van der Waals surface area contributed by atoms with Gasteiger partial charge in [0.1, 0.15) is 0 Å². The Morgan fingerprint density at radius 2 is 1.90 bits per heavy atom. The molecule has 0 amide bonds. The maximum atomic E-state index is 5.94. The van der Waals surface area contributed by atoms with Gasteiger partial charge in [0.05, 0.1) is 0 Å². The Morgan fingerprint density at radius 1 is 1.14 bits per heavy atom. The smallest absolute Gasteiger partial charge is 0.0406 e.